The number of nitrogens with zero attached hydrogens (tertiary/aromatic N) is 2. The minimum absolute atomic E-state index is 0.0410. The number of nitrogens with one attached hydrogen (secondary N) is 1. The van der Waals surface area contributed by atoms with Crippen LogP contribution in [0.5, 0.6) is 0 Å². The van der Waals surface area contributed by atoms with Crippen LogP contribution in [-0.2, 0) is 4.79 Å². The van der Waals surface area contributed by atoms with E-state index in [1.165, 1.54) is 17.0 Å². The number of nitro benzene ring substituents is 1. The Labute approximate surface area is 115 Å². The predicted octanol–water partition coefficient (Wildman–Crippen LogP) is 0.584. The van der Waals surface area contributed by atoms with E-state index in [1.807, 2.05) is 6.92 Å². The lowest BCUT2D eigenvalue weighted by Gasteiger charge is -2.15. The first-order valence-electron chi connectivity index (χ1n) is 5.92. The highest BCUT2D eigenvalue weighted by molar-refractivity contribution is 5.94. The van der Waals surface area contributed by atoms with Gasteiger partial charge in [-0.25, -0.2) is 0 Å². The minimum atomic E-state index is -0.749. The van der Waals surface area contributed by atoms with Gasteiger partial charge in [0.2, 0.25) is 11.8 Å². The lowest BCUT2D eigenvalue weighted by Crippen LogP contribution is -2.32. The molecule has 0 saturated carbocycles. The average molecular weight is 280 g/mol. The van der Waals surface area contributed by atoms with Crippen molar-refractivity contribution in [2.45, 2.75) is 6.92 Å². The molecule has 20 heavy (non-hydrogen) atoms. The first-order valence-corrected chi connectivity index (χ1v) is 5.92. The molecule has 0 aliphatic heterocycles. The summed E-state index contributed by atoms with van der Waals surface area (Å²) in [6, 6.07) is 3.81. The van der Waals surface area contributed by atoms with Crippen LogP contribution in [0.15, 0.2) is 18.2 Å². The van der Waals surface area contributed by atoms with Gasteiger partial charge in [0, 0.05) is 25.2 Å². The summed E-state index contributed by atoms with van der Waals surface area (Å²) in [5.74, 6) is -0.942. The van der Waals surface area contributed by atoms with Crippen LogP contribution in [0.2, 0.25) is 0 Å². The monoisotopic (exact) mass is 280 g/mol. The van der Waals surface area contributed by atoms with E-state index in [4.69, 9.17) is 5.73 Å². The molecule has 0 aliphatic rings. The third kappa shape index (κ3) is 3.67. The van der Waals surface area contributed by atoms with E-state index in [2.05, 4.69) is 5.32 Å². The number of rotatable bonds is 6. The van der Waals surface area contributed by atoms with Gasteiger partial charge >= 0.3 is 0 Å². The standard InChI is InChI=1S/C12H16N4O4/c1-3-15(2)11(17)7-14-9-5-4-8(12(13)18)6-10(9)16(19)20/h4-6,14H,3,7H2,1-2H3,(H2,13,18). The van der Waals surface area contributed by atoms with Gasteiger partial charge in [-0.15, -0.1) is 0 Å². The molecule has 0 aliphatic carbocycles. The van der Waals surface area contributed by atoms with Gasteiger partial charge in [-0.1, -0.05) is 0 Å². The van der Waals surface area contributed by atoms with Crippen LogP contribution in [0.25, 0.3) is 0 Å². The van der Waals surface area contributed by atoms with Crippen molar-refractivity contribution in [3.05, 3.63) is 33.9 Å². The van der Waals surface area contributed by atoms with Gasteiger partial charge in [-0.2, -0.15) is 0 Å². The van der Waals surface area contributed by atoms with Crippen LogP contribution in [0.4, 0.5) is 11.4 Å². The molecule has 108 valence electrons. The highest BCUT2D eigenvalue weighted by Crippen LogP contribution is 2.25. The summed E-state index contributed by atoms with van der Waals surface area (Å²) in [4.78, 5) is 34.4. The second-order valence-corrected chi connectivity index (χ2v) is 4.11. The van der Waals surface area contributed by atoms with Crippen LogP contribution >= 0.6 is 0 Å². The van der Waals surface area contributed by atoms with Crippen molar-refractivity contribution in [3.63, 3.8) is 0 Å². The molecule has 0 aromatic heterocycles. The van der Waals surface area contributed by atoms with Gasteiger partial charge in [-0.3, -0.25) is 19.7 Å². The number of primary amides is 1. The second kappa shape index (κ2) is 6.50. The van der Waals surface area contributed by atoms with E-state index in [9.17, 15) is 19.7 Å². The van der Waals surface area contributed by atoms with Crippen molar-refractivity contribution in [2.75, 3.05) is 25.5 Å². The molecule has 3 N–H and O–H groups in total. The van der Waals surface area contributed by atoms with Crippen LogP contribution < -0.4 is 11.1 Å². The number of likely N-dealkylation sites (N-methyl/N-ethyl adjacent to an activating group) is 1. The molecular weight excluding hydrogens is 264 g/mol. The molecule has 1 aromatic carbocycles. The molecule has 8 heteroatoms. The summed E-state index contributed by atoms with van der Waals surface area (Å²) in [5, 5.41) is 13.6. The number of hydrogen-bond donors (Lipinski definition) is 2. The smallest absolute Gasteiger partial charge is 0.293 e. The Bertz CT molecular complexity index is 544. The Morgan fingerprint density at radius 3 is 2.60 bits per heavy atom. The fourth-order valence-corrected chi connectivity index (χ4v) is 1.47. The summed E-state index contributed by atoms with van der Waals surface area (Å²) in [6.07, 6.45) is 0. The van der Waals surface area contributed by atoms with E-state index in [-0.39, 0.29) is 29.4 Å². The molecule has 1 aromatic rings. The van der Waals surface area contributed by atoms with Gasteiger partial charge in [0.25, 0.3) is 5.69 Å². The first kappa shape index (κ1) is 15.4. The number of hydrogen-bond acceptors (Lipinski definition) is 5. The summed E-state index contributed by atoms with van der Waals surface area (Å²) in [7, 11) is 1.63. The van der Waals surface area contributed by atoms with Gasteiger partial charge in [-0.05, 0) is 19.1 Å². The Hall–Kier alpha value is -2.64. The van der Waals surface area contributed by atoms with Crippen molar-refractivity contribution < 1.29 is 14.5 Å². The van der Waals surface area contributed by atoms with Crippen LogP contribution in [0, 0.1) is 10.1 Å². The predicted molar refractivity (Wildman–Crippen MR) is 73.4 cm³/mol. The summed E-state index contributed by atoms with van der Waals surface area (Å²) < 4.78 is 0. The quantitative estimate of drug-likeness (QED) is 0.583. The zero-order chi connectivity index (χ0) is 15.3. The SMILES string of the molecule is CCN(C)C(=O)CNc1ccc(C(N)=O)cc1[N+](=O)[O-]. The summed E-state index contributed by atoms with van der Waals surface area (Å²) in [6.45, 7) is 2.30. The van der Waals surface area contributed by atoms with Crippen LogP contribution in [0.3, 0.4) is 0 Å². The Balaban J connectivity index is 2.92. The zero-order valence-electron chi connectivity index (χ0n) is 11.3. The highest BCUT2D eigenvalue weighted by atomic mass is 16.6. The fraction of sp³-hybridized carbons (Fsp3) is 0.333. The molecule has 0 saturated heterocycles. The molecule has 0 bridgehead atoms. The number of amides is 2. The normalized spacial score (nSPS) is 9.90. The molecular formula is C12H16N4O4. The molecule has 0 fully saturated rings. The number of nitrogens with two attached hydrogens (primary N) is 1. The lowest BCUT2D eigenvalue weighted by atomic mass is 10.1. The van der Waals surface area contributed by atoms with E-state index in [1.54, 1.807) is 7.05 Å². The molecule has 8 nitrogen and oxygen atoms in total. The Kier molecular flexibility index (Phi) is 5.01. The second-order valence-electron chi connectivity index (χ2n) is 4.11. The number of nitro groups is 1. The number of carbonyl (C=O) groups is 2. The van der Waals surface area contributed by atoms with E-state index in [0.717, 1.165) is 6.07 Å². The van der Waals surface area contributed by atoms with E-state index in [0.29, 0.717) is 6.54 Å². The van der Waals surface area contributed by atoms with Crippen LogP contribution in [0.1, 0.15) is 17.3 Å². The topological polar surface area (TPSA) is 119 Å². The molecule has 0 radical (unpaired) electrons. The lowest BCUT2D eigenvalue weighted by molar-refractivity contribution is -0.384. The molecule has 0 unspecified atom stereocenters. The first-order chi connectivity index (χ1) is 9.36. The van der Waals surface area contributed by atoms with Crippen molar-refractivity contribution in [3.8, 4) is 0 Å². The third-order valence-electron chi connectivity index (χ3n) is 2.81. The van der Waals surface area contributed by atoms with E-state index >= 15 is 0 Å². The maximum absolute atomic E-state index is 11.6. The third-order valence-corrected chi connectivity index (χ3v) is 2.81. The molecule has 0 heterocycles. The Morgan fingerprint density at radius 1 is 1.45 bits per heavy atom. The van der Waals surface area contributed by atoms with Gasteiger partial charge in [0.15, 0.2) is 0 Å². The highest BCUT2D eigenvalue weighted by Gasteiger charge is 2.17. The fourth-order valence-electron chi connectivity index (χ4n) is 1.47. The van der Waals surface area contributed by atoms with Gasteiger partial charge < -0.3 is 16.0 Å². The van der Waals surface area contributed by atoms with Crippen molar-refractivity contribution in [1.82, 2.24) is 4.90 Å². The number of benzene rings is 1. The maximum atomic E-state index is 11.6. The number of anilines is 1. The minimum Gasteiger partial charge on any atom is -0.371 e. The van der Waals surface area contributed by atoms with Crippen LogP contribution in [-0.4, -0.2) is 41.8 Å². The van der Waals surface area contributed by atoms with Gasteiger partial charge in [0.05, 0.1) is 11.5 Å². The summed E-state index contributed by atoms with van der Waals surface area (Å²) >= 11 is 0. The maximum Gasteiger partial charge on any atom is 0.293 e. The summed E-state index contributed by atoms with van der Waals surface area (Å²) in [5.41, 5.74) is 4.98. The zero-order valence-corrected chi connectivity index (χ0v) is 11.3. The average Bonchev–Trinajstić information content (AvgIpc) is 2.43. The van der Waals surface area contributed by atoms with Gasteiger partial charge in [0.1, 0.15) is 5.69 Å². The number of carbonyl (C=O) groups excluding carboxylic acids is 2. The van der Waals surface area contributed by atoms with Crippen molar-refractivity contribution in [1.29, 1.82) is 0 Å². The molecule has 2 amide bonds. The largest absolute Gasteiger partial charge is 0.371 e. The van der Waals surface area contributed by atoms with Crippen molar-refractivity contribution >= 4 is 23.2 Å². The van der Waals surface area contributed by atoms with E-state index < -0.39 is 10.8 Å². The Morgan fingerprint density at radius 2 is 2.10 bits per heavy atom. The molecule has 0 spiro atoms. The van der Waals surface area contributed by atoms with Crippen molar-refractivity contribution in [2.24, 2.45) is 5.73 Å². The molecule has 1 rings (SSSR count). The molecule has 0 atom stereocenters.